The van der Waals surface area contributed by atoms with E-state index in [-0.39, 0.29) is 16.5 Å². The minimum atomic E-state index is -3.74. The molecule has 126 valence electrons. The fourth-order valence-corrected chi connectivity index (χ4v) is 3.91. The van der Waals surface area contributed by atoms with Crippen LogP contribution < -0.4 is 4.72 Å². The summed E-state index contributed by atoms with van der Waals surface area (Å²) < 4.78 is 32.7. The smallest absolute Gasteiger partial charge is 0.243 e. The maximum atomic E-state index is 12.7. The van der Waals surface area contributed by atoms with Crippen LogP contribution in [-0.4, -0.2) is 18.7 Å². The molecular weight excluding hydrogens is 326 g/mol. The first-order chi connectivity index (χ1) is 11.4. The molecule has 3 rings (SSSR count). The second-order valence-corrected chi connectivity index (χ2v) is 7.73. The zero-order valence-electron chi connectivity index (χ0n) is 13.7. The van der Waals surface area contributed by atoms with Gasteiger partial charge in [-0.2, -0.15) is 0 Å². The molecule has 0 bridgehead atoms. The molecule has 0 unspecified atom stereocenters. The third-order valence-corrected chi connectivity index (χ3v) is 5.55. The van der Waals surface area contributed by atoms with Gasteiger partial charge in [0.1, 0.15) is 10.4 Å². The van der Waals surface area contributed by atoms with Gasteiger partial charge < -0.3 is 0 Å². The molecule has 1 aromatic heterocycles. The normalized spacial score (nSPS) is 13.5. The molecule has 2 aromatic carbocycles. The Morgan fingerprint density at radius 2 is 1.62 bits per heavy atom. The Morgan fingerprint density at radius 1 is 0.958 bits per heavy atom. The van der Waals surface area contributed by atoms with Crippen molar-refractivity contribution < 1.29 is 13.0 Å². The molecule has 0 fully saturated rings. The van der Waals surface area contributed by atoms with E-state index >= 15 is 0 Å². The minimum absolute atomic E-state index is 0.0619. The number of rotatable bonds is 5. The molecular formula is C17H19N3O3S. The van der Waals surface area contributed by atoms with Gasteiger partial charge in [0, 0.05) is 6.04 Å². The van der Waals surface area contributed by atoms with Gasteiger partial charge in [0.2, 0.25) is 10.0 Å². The lowest BCUT2D eigenvalue weighted by atomic mass is 10.00. The van der Waals surface area contributed by atoms with E-state index in [2.05, 4.69) is 33.5 Å². The SMILES string of the molecule is CC(C)c1ccc([C@H](C)NS(=O)(=O)c2cccc3nonc23)cc1. The van der Waals surface area contributed by atoms with E-state index in [1.54, 1.807) is 12.1 Å². The Kier molecular flexibility index (Phi) is 4.38. The van der Waals surface area contributed by atoms with E-state index < -0.39 is 10.0 Å². The number of hydrogen-bond donors (Lipinski definition) is 1. The number of sulfonamides is 1. The Bertz CT molecular complexity index is 947. The minimum Gasteiger partial charge on any atom is -0.243 e. The molecule has 0 amide bonds. The summed E-state index contributed by atoms with van der Waals surface area (Å²) in [5, 5.41) is 7.37. The van der Waals surface area contributed by atoms with Gasteiger partial charge in [-0.05, 0) is 46.4 Å². The molecule has 1 N–H and O–H groups in total. The highest BCUT2D eigenvalue weighted by atomic mass is 32.2. The van der Waals surface area contributed by atoms with Crippen LogP contribution in [0.25, 0.3) is 11.0 Å². The zero-order valence-corrected chi connectivity index (χ0v) is 14.5. The van der Waals surface area contributed by atoms with Crippen molar-refractivity contribution in [1.29, 1.82) is 0 Å². The standard InChI is InChI=1S/C17H19N3O3S/c1-11(2)13-7-9-14(10-8-13)12(3)20-24(21,22)16-6-4-5-15-17(16)19-23-18-15/h4-12,20H,1-3H3/t12-/m0/s1. The third kappa shape index (κ3) is 3.18. The van der Waals surface area contributed by atoms with Crippen LogP contribution in [0.15, 0.2) is 52.0 Å². The lowest BCUT2D eigenvalue weighted by Crippen LogP contribution is -2.27. The van der Waals surface area contributed by atoms with Crippen LogP contribution in [0.5, 0.6) is 0 Å². The van der Waals surface area contributed by atoms with Gasteiger partial charge in [-0.15, -0.1) is 0 Å². The number of hydrogen-bond acceptors (Lipinski definition) is 5. The molecule has 1 heterocycles. The van der Waals surface area contributed by atoms with Crippen LogP contribution in [0.4, 0.5) is 0 Å². The van der Waals surface area contributed by atoms with E-state index in [1.165, 1.54) is 11.6 Å². The fraction of sp³-hybridized carbons (Fsp3) is 0.294. The highest BCUT2D eigenvalue weighted by Gasteiger charge is 2.23. The van der Waals surface area contributed by atoms with Crippen molar-refractivity contribution in [2.75, 3.05) is 0 Å². The van der Waals surface area contributed by atoms with Crippen LogP contribution >= 0.6 is 0 Å². The van der Waals surface area contributed by atoms with Crippen LogP contribution in [0.1, 0.15) is 43.9 Å². The summed E-state index contributed by atoms with van der Waals surface area (Å²) in [5.74, 6) is 0.434. The first-order valence-electron chi connectivity index (χ1n) is 7.72. The van der Waals surface area contributed by atoms with Crippen LogP contribution in [0.2, 0.25) is 0 Å². The predicted octanol–water partition coefficient (Wildman–Crippen LogP) is 3.39. The molecule has 0 aliphatic carbocycles. The third-order valence-electron chi connectivity index (χ3n) is 3.97. The Labute approximate surface area is 140 Å². The number of nitrogens with one attached hydrogen (secondary N) is 1. The summed E-state index contributed by atoms with van der Waals surface area (Å²) in [4.78, 5) is 0.0619. The van der Waals surface area contributed by atoms with Crippen molar-refractivity contribution in [3.63, 3.8) is 0 Å². The number of fused-ring (bicyclic) bond motifs is 1. The van der Waals surface area contributed by atoms with E-state index in [9.17, 15) is 8.42 Å². The zero-order chi connectivity index (χ0) is 17.3. The molecule has 0 saturated carbocycles. The van der Waals surface area contributed by atoms with E-state index in [4.69, 9.17) is 0 Å². The van der Waals surface area contributed by atoms with Crippen molar-refractivity contribution in [2.24, 2.45) is 0 Å². The van der Waals surface area contributed by atoms with Gasteiger partial charge >= 0.3 is 0 Å². The molecule has 6 nitrogen and oxygen atoms in total. The summed E-state index contributed by atoms with van der Waals surface area (Å²) in [6.07, 6.45) is 0. The van der Waals surface area contributed by atoms with Crippen LogP contribution in [0.3, 0.4) is 0 Å². The molecule has 3 aromatic rings. The number of nitrogens with zero attached hydrogens (tertiary/aromatic N) is 2. The first kappa shape index (κ1) is 16.6. The average Bonchev–Trinajstić information content (AvgIpc) is 3.02. The molecule has 0 spiro atoms. The predicted molar refractivity (Wildman–Crippen MR) is 91.1 cm³/mol. The van der Waals surface area contributed by atoms with Crippen molar-refractivity contribution in [3.8, 4) is 0 Å². The molecule has 0 aliphatic rings. The summed E-state index contributed by atoms with van der Waals surface area (Å²) in [7, 11) is -3.74. The fourth-order valence-electron chi connectivity index (χ4n) is 2.53. The van der Waals surface area contributed by atoms with Gasteiger partial charge in [0.15, 0.2) is 5.52 Å². The van der Waals surface area contributed by atoms with Gasteiger partial charge in [-0.3, -0.25) is 0 Å². The summed E-state index contributed by atoms with van der Waals surface area (Å²) in [6.45, 7) is 6.05. The largest absolute Gasteiger partial charge is 0.243 e. The van der Waals surface area contributed by atoms with Crippen LogP contribution in [-0.2, 0) is 10.0 Å². The molecule has 1 atom stereocenters. The van der Waals surface area contributed by atoms with Gasteiger partial charge in [-0.1, -0.05) is 44.2 Å². The molecule has 0 saturated heterocycles. The Hall–Kier alpha value is -2.25. The van der Waals surface area contributed by atoms with Gasteiger partial charge in [-0.25, -0.2) is 17.8 Å². The molecule has 7 heteroatoms. The van der Waals surface area contributed by atoms with Crippen molar-refractivity contribution in [3.05, 3.63) is 53.6 Å². The van der Waals surface area contributed by atoms with Crippen molar-refractivity contribution in [2.45, 2.75) is 37.6 Å². The maximum absolute atomic E-state index is 12.7. The van der Waals surface area contributed by atoms with E-state index in [1.807, 2.05) is 31.2 Å². The Balaban J connectivity index is 1.87. The lowest BCUT2D eigenvalue weighted by molar-refractivity contribution is 0.315. The second-order valence-electron chi connectivity index (χ2n) is 6.05. The highest BCUT2D eigenvalue weighted by molar-refractivity contribution is 7.89. The second kappa shape index (κ2) is 6.33. The van der Waals surface area contributed by atoms with Crippen molar-refractivity contribution >= 4 is 21.1 Å². The van der Waals surface area contributed by atoms with Crippen LogP contribution in [0, 0.1) is 0 Å². The number of benzene rings is 2. The molecule has 0 aliphatic heterocycles. The summed E-state index contributed by atoms with van der Waals surface area (Å²) in [5.41, 5.74) is 2.75. The summed E-state index contributed by atoms with van der Waals surface area (Å²) >= 11 is 0. The topological polar surface area (TPSA) is 85.1 Å². The Morgan fingerprint density at radius 3 is 2.29 bits per heavy atom. The average molecular weight is 345 g/mol. The molecule has 24 heavy (non-hydrogen) atoms. The van der Waals surface area contributed by atoms with Crippen molar-refractivity contribution in [1.82, 2.24) is 15.0 Å². The van der Waals surface area contributed by atoms with E-state index in [0.717, 1.165) is 5.56 Å². The quantitative estimate of drug-likeness (QED) is 0.766. The monoisotopic (exact) mass is 345 g/mol. The first-order valence-corrected chi connectivity index (χ1v) is 9.20. The maximum Gasteiger partial charge on any atom is 0.243 e. The van der Waals surface area contributed by atoms with Gasteiger partial charge in [0.25, 0.3) is 0 Å². The summed E-state index contributed by atoms with van der Waals surface area (Å²) in [6, 6.07) is 12.3. The van der Waals surface area contributed by atoms with Gasteiger partial charge in [0.05, 0.1) is 0 Å². The molecule has 0 radical (unpaired) electrons. The number of aromatic nitrogens is 2. The highest BCUT2D eigenvalue weighted by Crippen LogP contribution is 2.23. The van der Waals surface area contributed by atoms with E-state index in [0.29, 0.717) is 11.4 Å². The lowest BCUT2D eigenvalue weighted by Gasteiger charge is -2.16.